The van der Waals surface area contributed by atoms with E-state index in [0.717, 1.165) is 23.5 Å². The van der Waals surface area contributed by atoms with Crippen LogP contribution in [0.25, 0.3) is 0 Å². The molecule has 1 aromatic carbocycles. The molecule has 3 nitrogen and oxygen atoms in total. The van der Waals surface area contributed by atoms with E-state index in [9.17, 15) is 8.78 Å². The molecule has 0 aliphatic carbocycles. The van der Waals surface area contributed by atoms with Crippen LogP contribution in [0.4, 0.5) is 8.78 Å². The van der Waals surface area contributed by atoms with Gasteiger partial charge >= 0.3 is 0 Å². The molecule has 0 saturated carbocycles. The second kappa shape index (κ2) is 16.2. The lowest BCUT2D eigenvalue weighted by Gasteiger charge is -2.25. The van der Waals surface area contributed by atoms with Gasteiger partial charge in [-0.1, -0.05) is 50.8 Å². The van der Waals surface area contributed by atoms with Crippen LogP contribution in [-0.2, 0) is 6.42 Å². The molecule has 2 unspecified atom stereocenters. The van der Waals surface area contributed by atoms with E-state index in [4.69, 9.17) is 16.6 Å². The lowest BCUT2D eigenvalue weighted by Crippen LogP contribution is -2.31. The van der Waals surface area contributed by atoms with Crippen molar-refractivity contribution in [3.05, 3.63) is 95.9 Å². The molecule has 6 heteroatoms. The zero-order valence-corrected chi connectivity index (χ0v) is 22.7. The quantitative estimate of drug-likeness (QED) is 0.118. The zero-order valence-electron chi connectivity index (χ0n) is 21.9. The van der Waals surface area contributed by atoms with Gasteiger partial charge in [-0.3, -0.25) is 4.90 Å². The molecule has 1 rings (SSSR count). The second-order valence-electron chi connectivity index (χ2n) is 8.54. The summed E-state index contributed by atoms with van der Waals surface area (Å²) in [6.45, 7) is 12.6. The molecule has 0 aromatic heterocycles. The summed E-state index contributed by atoms with van der Waals surface area (Å²) in [5.41, 5.74) is 2.58. The number of aliphatic imine (C=N–C) groups is 1. The SMILES string of the molecule is C=C(CN(C)C(C)/C=C\C(F)=C/CC)N=C(Cc1ccc(F)cc1)N(C)C(/C=C\C(C)Cl)=C/CC. The van der Waals surface area contributed by atoms with Crippen molar-refractivity contribution in [2.24, 2.45) is 4.99 Å². The fourth-order valence-corrected chi connectivity index (χ4v) is 3.29. The van der Waals surface area contributed by atoms with Gasteiger partial charge in [0.25, 0.3) is 0 Å². The first-order valence-corrected chi connectivity index (χ1v) is 12.5. The van der Waals surface area contributed by atoms with Gasteiger partial charge in [0.05, 0.1) is 0 Å². The van der Waals surface area contributed by atoms with E-state index >= 15 is 0 Å². The molecule has 0 bridgehead atoms. The number of nitrogens with zero attached hydrogens (tertiary/aromatic N) is 3. The molecule has 35 heavy (non-hydrogen) atoms. The fourth-order valence-electron chi connectivity index (χ4n) is 3.21. The molecule has 192 valence electrons. The molecule has 0 aliphatic rings. The first kappa shape index (κ1) is 30.5. The maximum atomic E-state index is 13.7. The van der Waals surface area contributed by atoms with Gasteiger partial charge in [-0.15, -0.1) is 11.6 Å². The van der Waals surface area contributed by atoms with Crippen LogP contribution in [0.15, 0.2) is 89.5 Å². The summed E-state index contributed by atoms with van der Waals surface area (Å²) in [7, 11) is 3.91. The number of hydrogen-bond donors (Lipinski definition) is 0. The van der Waals surface area contributed by atoms with Gasteiger partial charge in [-0.2, -0.15) is 0 Å². The van der Waals surface area contributed by atoms with Crippen LogP contribution in [0.1, 0.15) is 46.1 Å². The maximum absolute atomic E-state index is 13.7. The third kappa shape index (κ3) is 12.1. The van der Waals surface area contributed by atoms with Crippen molar-refractivity contribution in [2.45, 2.75) is 58.4 Å². The summed E-state index contributed by atoms with van der Waals surface area (Å²) in [5, 5.41) is -0.101. The second-order valence-corrected chi connectivity index (χ2v) is 9.23. The maximum Gasteiger partial charge on any atom is 0.123 e. The molecule has 0 radical (unpaired) electrons. The van der Waals surface area contributed by atoms with Gasteiger partial charge in [0.15, 0.2) is 0 Å². The first-order chi connectivity index (χ1) is 16.6. The Balaban J connectivity index is 3.17. The predicted molar refractivity (Wildman–Crippen MR) is 148 cm³/mol. The van der Waals surface area contributed by atoms with E-state index in [1.165, 1.54) is 18.2 Å². The average molecular weight is 504 g/mol. The van der Waals surface area contributed by atoms with Crippen LogP contribution in [0.5, 0.6) is 0 Å². The van der Waals surface area contributed by atoms with E-state index in [1.54, 1.807) is 18.2 Å². The number of alkyl halides is 1. The highest BCUT2D eigenvalue weighted by molar-refractivity contribution is 6.21. The topological polar surface area (TPSA) is 18.8 Å². The Morgan fingerprint density at radius 3 is 2.26 bits per heavy atom. The van der Waals surface area contributed by atoms with Crippen molar-refractivity contribution >= 4 is 17.4 Å². The summed E-state index contributed by atoms with van der Waals surface area (Å²) in [6, 6.07) is 6.43. The highest BCUT2D eigenvalue weighted by atomic mass is 35.5. The molecule has 0 aliphatic heterocycles. The fraction of sp³-hybridized carbons (Fsp3) is 0.414. The van der Waals surface area contributed by atoms with Gasteiger partial charge in [0, 0.05) is 42.8 Å². The van der Waals surface area contributed by atoms with Crippen LogP contribution in [0.2, 0.25) is 0 Å². The van der Waals surface area contributed by atoms with Gasteiger partial charge < -0.3 is 4.90 Å². The van der Waals surface area contributed by atoms with E-state index in [-0.39, 0.29) is 23.1 Å². The van der Waals surface area contributed by atoms with E-state index < -0.39 is 0 Å². The van der Waals surface area contributed by atoms with Crippen molar-refractivity contribution in [2.75, 3.05) is 20.6 Å². The van der Waals surface area contributed by atoms with E-state index in [2.05, 4.69) is 24.5 Å². The number of allylic oxidation sites excluding steroid dienone is 6. The largest absolute Gasteiger partial charge is 0.333 e. The minimum absolute atomic E-state index is 0.0000701. The Labute approximate surface area is 215 Å². The molecular weight excluding hydrogens is 464 g/mol. The number of likely N-dealkylation sites (N-methyl/N-ethyl adjacent to an activating group) is 2. The molecule has 2 atom stereocenters. The molecule has 0 amide bonds. The number of halogens is 3. The molecule has 0 saturated heterocycles. The van der Waals surface area contributed by atoms with Crippen molar-refractivity contribution in [1.29, 1.82) is 0 Å². The average Bonchev–Trinajstić information content (AvgIpc) is 2.80. The summed E-state index contributed by atoms with van der Waals surface area (Å²) in [4.78, 5) is 8.93. The molecule has 0 N–H and O–H groups in total. The van der Waals surface area contributed by atoms with E-state index in [0.29, 0.717) is 25.1 Å². The normalized spacial score (nSPS) is 15.3. The third-order valence-electron chi connectivity index (χ3n) is 5.34. The number of hydrogen-bond acceptors (Lipinski definition) is 2. The minimum atomic E-state index is -0.274. The number of benzene rings is 1. The van der Waals surface area contributed by atoms with Gasteiger partial charge in [0.2, 0.25) is 0 Å². The van der Waals surface area contributed by atoms with E-state index in [1.807, 2.05) is 58.0 Å². The standard InChI is InChI=1S/C29H40ClF2N3/c1-8-10-26(31)16-13-24(5)34(6)21-23(4)33-29(20-25-14-17-27(32)18-15-25)35(7)28(11-9-2)19-12-22(3)30/h10-19,22,24H,4,8-9,20-21H2,1-3,5-7H3/b16-13-,19-12-,26-10+,28-11+,33-29?. The monoisotopic (exact) mass is 503 g/mol. The van der Waals surface area contributed by atoms with Crippen molar-refractivity contribution in [1.82, 2.24) is 9.80 Å². The Morgan fingerprint density at radius 2 is 1.69 bits per heavy atom. The van der Waals surface area contributed by atoms with Crippen LogP contribution in [0.3, 0.4) is 0 Å². The smallest absolute Gasteiger partial charge is 0.123 e. The lowest BCUT2D eigenvalue weighted by atomic mass is 10.1. The van der Waals surface area contributed by atoms with Gasteiger partial charge in [0.1, 0.15) is 17.5 Å². The number of amidine groups is 1. The van der Waals surface area contributed by atoms with Crippen molar-refractivity contribution in [3.8, 4) is 0 Å². The summed E-state index contributed by atoms with van der Waals surface area (Å²) >= 11 is 6.13. The summed E-state index contributed by atoms with van der Waals surface area (Å²) < 4.78 is 27.2. The predicted octanol–water partition coefficient (Wildman–Crippen LogP) is 7.83. The molecule has 0 spiro atoms. The number of rotatable bonds is 13. The zero-order chi connectivity index (χ0) is 26.4. The first-order valence-electron chi connectivity index (χ1n) is 12.1. The lowest BCUT2D eigenvalue weighted by molar-refractivity contribution is 0.321. The highest BCUT2D eigenvalue weighted by Crippen LogP contribution is 2.15. The van der Waals surface area contributed by atoms with Crippen LogP contribution >= 0.6 is 11.6 Å². The Morgan fingerprint density at radius 1 is 1.06 bits per heavy atom. The molecular formula is C29H40ClF2N3. The van der Waals surface area contributed by atoms with Crippen LogP contribution < -0.4 is 0 Å². The Kier molecular flexibility index (Phi) is 14.2. The van der Waals surface area contributed by atoms with Crippen LogP contribution in [-0.4, -0.2) is 47.7 Å². The van der Waals surface area contributed by atoms with Crippen LogP contribution in [0, 0.1) is 5.82 Å². The van der Waals surface area contributed by atoms with Crippen molar-refractivity contribution in [3.63, 3.8) is 0 Å². The highest BCUT2D eigenvalue weighted by Gasteiger charge is 2.14. The third-order valence-corrected chi connectivity index (χ3v) is 5.49. The van der Waals surface area contributed by atoms with Gasteiger partial charge in [-0.05, 0) is 69.7 Å². The summed E-state index contributed by atoms with van der Waals surface area (Å²) in [6.07, 6.45) is 12.9. The molecule has 1 aromatic rings. The Bertz CT molecular complexity index is 943. The minimum Gasteiger partial charge on any atom is -0.333 e. The molecule has 0 heterocycles. The van der Waals surface area contributed by atoms with Crippen molar-refractivity contribution < 1.29 is 8.78 Å². The molecule has 0 fully saturated rings. The Hall–Kier alpha value is -2.50. The van der Waals surface area contributed by atoms with Gasteiger partial charge in [-0.25, -0.2) is 13.8 Å². The summed E-state index contributed by atoms with van der Waals surface area (Å²) in [5.74, 6) is 0.272.